The number of benzene rings is 1. The first-order valence-corrected chi connectivity index (χ1v) is 7.26. The van der Waals surface area contributed by atoms with Gasteiger partial charge >= 0.3 is 0 Å². The Morgan fingerprint density at radius 3 is 2.47 bits per heavy atom. The van der Waals surface area contributed by atoms with Crippen molar-refractivity contribution in [2.45, 2.75) is 19.3 Å². The molecule has 3 nitrogen and oxygen atoms in total. The molecule has 0 radical (unpaired) electrons. The minimum atomic E-state index is -0.403. The molecule has 2 rings (SSSR count). The fourth-order valence-electron chi connectivity index (χ4n) is 2.59. The summed E-state index contributed by atoms with van der Waals surface area (Å²) < 4.78 is 25.0. The predicted octanol–water partition coefficient (Wildman–Crippen LogP) is 3.15. The van der Waals surface area contributed by atoms with E-state index in [0.29, 0.717) is 11.7 Å². The van der Waals surface area contributed by atoms with E-state index in [0.717, 1.165) is 42.4 Å². The lowest BCUT2D eigenvalue weighted by Crippen LogP contribution is -2.28. The Balaban J connectivity index is 2.32. The Labute approximate surface area is 121 Å². The molecule has 0 amide bonds. The summed E-state index contributed by atoms with van der Waals surface area (Å²) in [7, 11) is 3.01. The van der Waals surface area contributed by atoms with Gasteiger partial charge in [0.15, 0.2) is 17.3 Å². The summed E-state index contributed by atoms with van der Waals surface area (Å²) >= 11 is 3.44. The van der Waals surface area contributed by atoms with Crippen molar-refractivity contribution in [2.75, 3.05) is 27.3 Å². The highest BCUT2D eigenvalue weighted by atomic mass is 79.9. The van der Waals surface area contributed by atoms with Gasteiger partial charge in [-0.3, -0.25) is 0 Å². The third-order valence-electron chi connectivity index (χ3n) is 3.60. The summed E-state index contributed by atoms with van der Waals surface area (Å²) in [4.78, 5) is 0. The second kappa shape index (κ2) is 6.57. The number of ether oxygens (including phenoxy) is 2. The lowest BCUT2D eigenvalue weighted by Gasteiger charge is -2.24. The standard InChI is InChI=1S/C14H19BrFNO2/c1-18-13-10(7-9-3-5-17-6-4-9)11(15)8-12(16)14(13)19-2/h8-9,17H,3-7H2,1-2H3. The molecular formula is C14H19BrFNO2. The zero-order valence-electron chi connectivity index (χ0n) is 11.3. The molecule has 106 valence electrons. The molecule has 5 heteroatoms. The summed E-state index contributed by atoms with van der Waals surface area (Å²) in [6.45, 7) is 2.09. The van der Waals surface area contributed by atoms with Crippen LogP contribution in [0.4, 0.5) is 4.39 Å². The summed E-state index contributed by atoms with van der Waals surface area (Å²) in [5, 5.41) is 3.35. The normalized spacial score (nSPS) is 16.4. The van der Waals surface area contributed by atoms with E-state index in [2.05, 4.69) is 21.2 Å². The quantitative estimate of drug-likeness (QED) is 0.919. The molecule has 0 aromatic heterocycles. The number of methoxy groups -OCH3 is 2. The zero-order chi connectivity index (χ0) is 13.8. The molecule has 0 aliphatic carbocycles. The number of hydrogen-bond donors (Lipinski definition) is 1. The number of rotatable bonds is 4. The number of hydrogen-bond acceptors (Lipinski definition) is 3. The molecular weight excluding hydrogens is 313 g/mol. The Hall–Kier alpha value is -0.810. The lowest BCUT2D eigenvalue weighted by atomic mass is 9.90. The average Bonchev–Trinajstić information content (AvgIpc) is 2.42. The number of halogens is 2. The van der Waals surface area contributed by atoms with E-state index >= 15 is 0 Å². The Kier molecular flexibility index (Phi) is 5.05. The Morgan fingerprint density at radius 2 is 1.89 bits per heavy atom. The molecule has 1 aliphatic rings. The van der Waals surface area contributed by atoms with Gasteiger partial charge in [-0.2, -0.15) is 0 Å². The fourth-order valence-corrected chi connectivity index (χ4v) is 3.13. The van der Waals surface area contributed by atoms with Crippen molar-refractivity contribution in [1.82, 2.24) is 5.32 Å². The Morgan fingerprint density at radius 1 is 1.26 bits per heavy atom. The van der Waals surface area contributed by atoms with E-state index in [-0.39, 0.29) is 5.75 Å². The molecule has 1 aliphatic heterocycles. The van der Waals surface area contributed by atoms with E-state index in [1.165, 1.54) is 13.2 Å². The molecule has 1 heterocycles. The number of nitrogens with one attached hydrogen (secondary N) is 1. The highest BCUT2D eigenvalue weighted by Crippen LogP contribution is 2.40. The van der Waals surface area contributed by atoms with E-state index in [9.17, 15) is 4.39 Å². The lowest BCUT2D eigenvalue weighted by molar-refractivity contribution is 0.326. The van der Waals surface area contributed by atoms with Gasteiger partial charge in [-0.1, -0.05) is 15.9 Å². The van der Waals surface area contributed by atoms with Crippen LogP contribution in [0.2, 0.25) is 0 Å². The Bertz CT molecular complexity index is 448. The summed E-state index contributed by atoms with van der Waals surface area (Å²) in [5.74, 6) is 0.893. The van der Waals surface area contributed by atoms with Crippen LogP contribution in [-0.2, 0) is 6.42 Å². The first-order valence-electron chi connectivity index (χ1n) is 6.47. The third-order valence-corrected chi connectivity index (χ3v) is 4.31. The van der Waals surface area contributed by atoms with Crippen LogP contribution in [-0.4, -0.2) is 27.3 Å². The first kappa shape index (κ1) is 14.6. The summed E-state index contributed by atoms with van der Waals surface area (Å²) in [6.07, 6.45) is 3.15. The van der Waals surface area contributed by atoms with E-state index < -0.39 is 5.82 Å². The van der Waals surface area contributed by atoms with E-state index in [1.54, 1.807) is 7.11 Å². The minimum absolute atomic E-state index is 0.189. The largest absolute Gasteiger partial charge is 0.492 e. The van der Waals surface area contributed by atoms with Crippen LogP contribution in [0.3, 0.4) is 0 Å². The van der Waals surface area contributed by atoms with E-state index in [1.807, 2.05) is 0 Å². The van der Waals surface area contributed by atoms with Gasteiger partial charge < -0.3 is 14.8 Å². The van der Waals surface area contributed by atoms with Gasteiger partial charge in [0.25, 0.3) is 0 Å². The van der Waals surface area contributed by atoms with Gasteiger partial charge in [0, 0.05) is 10.0 Å². The summed E-state index contributed by atoms with van der Waals surface area (Å²) in [6, 6.07) is 1.46. The summed E-state index contributed by atoms with van der Waals surface area (Å²) in [5.41, 5.74) is 0.993. The van der Waals surface area contributed by atoms with Crippen molar-refractivity contribution in [1.29, 1.82) is 0 Å². The van der Waals surface area contributed by atoms with Crippen molar-refractivity contribution in [2.24, 2.45) is 5.92 Å². The monoisotopic (exact) mass is 331 g/mol. The maximum absolute atomic E-state index is 13.8. The van der Waals surface area contributed by atoms with Crippen LogP contribution < -0.4 is 14.8 Å². The molecule has 1 aromatic carbocycles. The third kappa shape index (κ3) is 3.20. The van der Waals surface area contributed by atoms with Crippen LogP contribution in [0, 0.1) is 11.7 Å². The van der Waals surface area contributed by atoms with Crippen LogP contribution in [0.25, 0.3) is 0 Å². The van der Waals surface area contributed by atoms with E-state index in [4.69, 9.17) is 9.47 Å². The molecule has 1 N–H and O–H groups in total. The molecule has 0 saturated carbocycles. The van der Waals surface area contributed by atoms with Gasteiger partial charge in [0.2, 0.25) is 0 Å². The molecule has 0 bridgehead atoms. The maximum Gasteiger partial charge on any atom is 0.197 e. The maximum atomic E-state index is 13.8. The molecule has 1 fully saturated rings. The minimum Gasteiger partial charge on any atom is -0.492 e. The van der Waals surface area contributed by atoms with Crippen LogP contribution in [0.1, 0.15) is 18.4 Å². The van der Waals surface area contributed by atoms with Gasteiger partial charge in [-0.05, 0) is 44.3 Å². The van der Waals surface area contributed by atoms with Gasteiger partial charge in [0.05, 0.1) is 14.2 Å². The van der Waals surface area contributed by atoms with Crippen LogP contribution in [0.15, 0.2) is 10.5 Å². The molecule has 0 unspecified atom stereocenters. The van der Waals surface area contributed by atoms with Crippen LogP contribution in [0.5, 0.6) is 11.5 Å². The van der Waals surface area contributed by atoms with Gasteiger partial charge in [-0.15, -0.1) is 0 Å². The van der Waals surface area contributed by atoms with Crippen LogP contribution >= 0.6 is 15.9 Å². The van der Waals surface area contributed by atoms with Crippen molar-refractivity contribution in [3.63, 3.8) is 0 Å². The van der Waals surface area contributed by atoms with Crippen molar-refractivity contribution < 1.29 is 13.9 Å². The topological polar surface area (TPSA) is 30.5 Å². The number of piperidine rings is 1. The highest BCUT2D eigenvalue weighted by Gasteiger charge is 2.22. The second-order valence-electron chi connectivity index (χ2n) is 4.78. The molecule has 0 atom stereocenters. The zero-order valence-corrected chi connectivity index (χ0v) is 12.8. The second-order valence-corrected chi connectivity index (χ2v) is 5.64. The van der Waals surface area contributed by atoms with Gasteiger partial charge in [0.1, 0.15) is 0 Å². The first-order chi connectivity index (χ1) is 9.17. The fraction of sp³-hybridized carbons (Fsp3) is 0.571. The predicted molar refractivity (Wildman–Crippen MR) is 76.5 cm³/mol. The van der Waals surface area contributed by atoms with Crippen molar-refractivity contribution >= 4 is 15.9 Å². The smallest absolute Gasteiger partial charge is 0.197 e. The highest BCUT2D eigenvalue weighted by molar-refractivity contribution is 9.10. The van der Waals surface area contributed by atoms with Crippen molar-refractivity contribution in [3.8, 4) is 11.5 Å². The molecule has 19 heavy (non-hydrogen) atoms. The SMILES string of the molecule is COc1c(F)cc(Br)c(CC2CCNCC2)c1OC. The molecule has 1 aromatic rings. The van der Waals surface area contributed by atoms with Crippen molar-refractivity contribution in [3.05, 3.63) is 21.9 Å². The van der Waals surface area contributed by atoms with Gasteiger partial charge in [-0.25, -0.2) is 4.39 Å². The molecule has 1 saturated heterocycles. The average molecular weight is 332 g/mol. The molecule has 0 spiro atoms.